The van der Waals surface area contributed by atoms with E-state index in [9.17, 15) is 0 Å². The van der Waals surface area contributed by atoms with Crippen LogP contribution in [-0.4, -0.2) is 23.2 Å². The first-order valence-electron chi connectivity index (χ1n) is 6.97. The Morgan fingerprint density at radius 1 is 1.30 bits per heavy atom. The lowest BCUT2D eigenvalue weighted by molar-refractivity contribution is 0.413. The third kappa shape index (κ3) is 3.20. The zero-order chi connectivity index (χ0) is 14.5. The zero-order valence-corrected chi connectivity index (χ0v) is 12.5. The lowest BCUT2D eigenvalue weighted by Gasteiger charge is -2.21. The van der Waals surface area contributed by atoms with Gasteiger partial charge in [0.15, 0.2) is 0 Å². The molecule has 0 saturated heterocycles. The van der Waals surface area contributed by atoms with E-state index in [1.54, 1.807) is 7.11 Å². The molecule has 108 valence electrons. The summed E-state index contributed by atoms with van der Waals surface area (Å²) in [7, 11) is 1.70. The van der Waals surface area contributed by atoms with E-state index in [2.05, 4.69) is 35.5 Å². The summed E-state index contributed by atoms with van der Waals surface area (Å²) >= 11 is 0. The number of nitrogens with zero attached hydrogens (tertiary/aromatic N) is 2. The molecule has 0 bridgehead atoms. The standard InChI is InChI=1S/C16H23N3O/c1-12-8-15(20-3)9-13(2)16(12)10-14(4-5-17)19-7-6-18-11-19/h6-9,11,14H,4-5,10,17H2,1-3H3. The third-order valence-corrected chi connectivity index (χ3v) is 3.79. The number of methoxy groups -OCH3 is 1. The van der Waals surface area contributed by atoms with Crippen molar-refractivity contribution in [1.29, 1.82) is 0 Å². The molecule has 20 heavy (non-hydrogen) atoms. The summed E-state index contributed by atoms with van der Waals surface area (Å²) in [4.78, 5) is 4.14. The van der Waals surface area contributed by atoms with Gasteiger partial charge in [-0.15, -0.1) is 0 Å². The number of hydrogen-bond acceptors (Lipinski definition) is 3. The third-order valence-electron chi connectivity index (χ3n) is 3.79. The average Bonchev–Trinajstić information content (AvgIpc) is 2.95. The van der Waals surface area contributed by atoms with E-state index >= 15 is 0 Å². The molecule has 4 heteroatoms. The van der Waals surface area contributed by atoms with E-state index in [1.807, 2.05) is 18.7 Å². The number of benzene rings is 1. The van der Waals surface area contributed by atoms with Crippen LogP contribution < -0.4 is 10.5 Å². The molecule has 1 unspecified atom stereocenters. The molecule has 0 aliphatic heterocycles. The fourth-order valence-electron chi connectivity index (χ4n) is 2.66. The van der Waals surface area contributed by atoms with Crippen LogP contribution in [0.4, 0.5) is 0 Å². The summed E-state index contributed by atoms with van der Waals surface area (Å²) in [6.07, 6.45) is 7.61. The molecule has 0 aliphatic carbocycles. The Morgan fingerprint density at radius 3 is 2.50 bits per heavy atom. The summed E-state index contributed by atoms with van der Waals surface area (Å²) in [6.45, 7) is 4.95. The smallest absolute Gasteiger partial charge is 0.119 e. The van der Waals surface area contributed by atoms with Crippen molar-refractivity contribution in [2.24, 2.45) is 5.73 Å². The molecule has 0 fully saturated rings. The van der Waals surface area contributed by atoms with Gasteiger partial charge in [-0.05, 0) is 62.1 Å². The summed E-state index contributed by atoms with van der Waals surface area (Å²) in [6, 6.07) is 4.54. The van der Waals surface area contributed by atoms with Crippen LogP contribution >= 0.6 is 0 Å². The molecule has 0 radical (unpaired) electrons. The van der Waals surface area contributed by atoms with Crippen LogP contribution in [0.25, 0.3) is 0 Å². The normalized spacial score (nSPS) is 12.4. The molecule has 2 rings (SSSR count). The first-order chi connectivity index (χ1) is 9.65. The number of rotatable bonds is 6. The van der Waals surface area contributed by atoms with Crippen molar-refractivity contribution < 1.29 is 4.74 Å². The minimum atomic E-state index is 0.355. The van der Waals surface area contributed by atoms with Gasteiger partial charge in [0.25, 0.3) is 0 Å². The molecule has 0 saturated carbocycles. The van der Waals surface area contributed by atoms with Gasteiger partial charge in [0.1, 0.15) is 5.75 Å². The highest BCUT2D eigenvalue weighted by Gasteiger charge is 2.14. The van der Waals surface area contributed by atoms with Crippen LogP contribution in [0.5, 0.6) is 5.75 Å². The van der Waals surface area contributed by atoms with Gasteiger partial charge in [-0.25, -0.2) is 4.98 Å². The Bertz CT molecular complexity index is 526. The lowest BCUT2D eigenvalue weighted by Crippen LogP contribution is -2.16. The fraction of sp³-hybridized carbons (Fsp3) is 0.438. The Morgan fingerprint density at radius 2 is 2.00 bits per heavy atom. The summed E-state index contributed by atoms with van der Waals surface area (Å²) in [5.41, 5.74) is 9.67. The molecular formula is C16H23N3O. The topological polar surface area (TPSA) is 53.1 Å². The molecule has 4 nitrogen and oxygen atoms in total. The largest absolute Gasteiger partial charge is 0.497 e. The van der Waals surface area contributed by atoms with Gasteiger partial charge in [0.05, 0.1) is 13.4 Å². The highest BCUT2D eigenvalue weighted by Crippen LogP contribution is 2.26. The van der Waals surface area contributed by atoms with E-state index in [1.165, 1.54) is 16.7 Å². The highest BCUT2D eigenvalue weighted by atomic mass is 16.5. The van der Waals surface area contributed by atoms with E-state index in [0.29, 0.717) is 12.6 Å². The highest BCUT2D eigenvalue weighted by molar-refractivity contribution is 5.41. The average molecular weight is 273 g/mol. The predicted molar refractivity (Wildman–Crippen MR) is 81.1 cm³/mol. The number of nitrogens with two attached hydrogens (primary N) is 1. The van der Waals surface area contributed by atoms with Gasteiger partial charge < -0.3 is 15.0 Å². The van der Waals surface area contributed by atoms with Crippen LogP contribution in [-0.2, 0) is 6.42 Å². The number of ether oxygens (including phenoxy) is 1. The van der Waals surface area contributed by atoms with E-state index in [0.717, 1.165) is 18.6 Å². The number of hydrogen-bond donors (Lipinski definition) is 1. The zero-order valence-electron chi connectivity index (χ0n) is 12.5. The van der Waals surface area contributed by atoms with Gasteiger partial charge in [0, 0.05) is 18.4 Å². The van der Waals surface area contributed by atoms with Gasteiger partial charge in [-0.1, -0.05) is 0 Å². The molecule has 2 aromatic rings. The quantitative estimate of drug-likeness (QED) is 0.880. The van der Waals surface area contributed by atoms with Crippen molar-refractivity contribution >= 4 is 0 Å². The van der Waals surface area contributed by atoms with Crippen LogP contribution in [0.1, 0.15) is 29.2 Å². The molecule has 0 aliphatic rings. The number of aryl methyl sites for hydroxylation is 2. The first-order valence-corrected chi connectivity index (χ1v) is 6.97. The minimum absolute atomic E-state index is 0.355. The van der Waals surface area contributed by atoms with Crippen molar-refractivity contribution in [3.63, 3.8) is 0 Å². The molecule has 0 spiro atoms. The summed E-state index contributed by atoms with van der Waals surface area (Å²) in [5, 5.41) is 0. The second-order valence-electron chi connectivity index (χ2n) is 5.18. The Balaban J connectivity index is 2.27. The molecule has 1 aromatic carbocycles. The van der Waals surface area contributed by atoms with Crippen molar-refractivity contribution in [1.82, 2.24) is 9.55 Å². The van der Waals surface area contributed by atoms with Crippen molar-refractivity contribution in [3.8, 4) is 5.75 Å². The summed E-state index contributed by atoms with van der Waals surface area (Å²) in [5.74, 6) is 0.918. The molecular weight excluding hydrogens is 250 g/mol. The Labute approximate surface area is 120 Å². The predicted octanol–water partition coefficient (Wildman–Crippen LogP) is 2.64. The Hall–Kier alpha value is -1.81. The van der Waals surface area contributed by atoms with Gasteiger partial charge in [-0.3, -0.25) is 0 Å². The van der Waals surface area contributed by atoms with Crippen LogP contribution in [0, 0.1) is 13.8 Å². The molecule has 1 heterocycles. The Kier molecular flexibility index (Phi) is 4.79. The van der Waals surface area contributed by atoms with Crippen molar-refractivity contribution in [2.75, 3.05) is 13.7 Å². The minimum Gasteiger partial charge on any atom is -0.497 e. The van der Waals surface area contributed by atoms with Crippen LogP contribution in [0.15, 0.2) is 30.9 Å². The molecule has 2 N–H and O–H groups in total. The van der Waals surface area contributed by atoms with Crippen LogP contribution in [0.3, 0.4) is 0 Å². The van der Waals surface area contributed by atoms with Gasteiger partial charge in [0.2, 0.25) is 0 Å². The summed E-state index contributed by atoms with van der Waals surface area (Å²) < 4.78 is 7.47. The SMILES string of the molecule is COc1cc(C)c(CC(CCN)n2ccnc2)c(C)c1. The maximum Gasteiger partial charge on any atom is 0.119 e. The van der Waals surface area contributed by atoms with Crippen molar-refractivity contribution in [3.05, 3.63) is 47.5 Å². The lowest BCUT2D eigenvalue weighted by atomic mass is 9.94. The number of imidazole rings is 1. The molecule has 0 amide bonds. The second kappa shape index (κ2) is 6.57. The second-order valence-corrected chi connectivity index (χ2v) is 5.18. The van der Waals surface area contributed by atoms with Gasteiger partial charge in [-0.2, -0.15) is 0 Å². The monoisotopic (exact) mass is 273 g/mol. The van der Waals surface area contributed by atoms with E-state index < -0.39 is 0 Å². The van der Waals surface area contributed by atoms with E-state index in [-0.39, 0.29) is 0 Å². The maximum absolute atomic E-state index is 5.76. The van der Waals surface area contributed by atoms with Gasteiger partial charge >= 0.3 is 0 Å². The first kappa shape index (κ1) is 14.6. The molecule has 1 atom stereocenters. The van der Waals surface area contributed by atoms with Crippen molar-refractivity contribution in [2.45, 2.75) is 32.7 Å². The number of aromatic nitrogens is 2. The maximum atomic E-state index is 5.76. The van der Waals surface area contributed by atoms with E-state index in [4.69, 9.17) is 10.5 Å². The van der Waals surface area contributed by atoms with Crippen LogP contribution in [0.2, 0.25) is 0 Å². The fourth-order valence-corrected chi connectivity index (χ4v) is 2.66. The molecule has 1 aromatic heterocycles.